The Morgan fingerprint density at radius 1 is 1.08 bits per heavy atom. The van der Waals surface area contributed by atoms with Crippen molar-refractivity contribution in [1.82, 2.24) is 4.40 Å². The van der Waals surface area contributed by atoms with Crippen LogP contribution in [0.4, 0.5) is 0 Å². The van der Waals surface area contributed by atoms with Gasteiger partial charge in [0.15, 0.2) is 0 Å². The first-order chi connectivity index (χ1) is 6.45. The Bertz CT molecular complexity index is 439. The molecule has 13 heavy (non-hydrogen) atoms. The Hall–Kier alpha value is -1.24. The zero-order chi connectivity index (χ0) is 8.67. The molecule has 0 radical (unpaired) electrons. The van der Waals surface area contributed by atoms with Gasteiger partial charge in [0.1, 0.15) is 0 Å². The molecule has 66 valence electrons. The molecule has 0 saturated heterocycles. The van der Waals surface area contributed by atoms with Crippen LogP contribution in [0.1, 0.15) is 24.1 Å². The van der Waals surface area contributed by atoms with Gasteiger partial charge in [-0.15, -0.1) is 0 Å². The summed E-state index contributed by atoms with van der Waals surface area (Å²) in [7, 11) is 0. The van der Waals surface area contributed by atoms with Crippen LogP contribution in [0.5, 0.6) is 0 Å². The molecule has 0 unspecified atom stereocenters. The van der Waals surface area contributed by atoms with Crippen molar-refractivity contribution in [2.75, 3.05) is 0 Å². The molecule has 1 aliphatic rings. The molecule has 2 aromatic rings. The van der Waals surface area contributed by atoms with E-state index in [0.29, 0.717) is 0 Å². The van der Waals surface area contributed by atoms with Crippen LogP contribution < -0.4 is 0 Å². The van der Waals surface area contributed by atoms with Crippen LogP contribution in [-0.4, -0.2) is 4.40 Å². The molecule has 2 aromatic heterocycles. The fourth-order valence-corrected chi connectivity index (χ4v) is 2.34. The Labute approximate surface area is 78.0 Å². The summed E-state index contributed by atoms with van der Waals surface area (Å²) in [5.74, 6) is 0. The van der Waals surface area contributed by atoms with Crippen LogP contribution in [0.15, 0.2) is 30.5 Å². The highest BCUT2D eigenvalue weighted by molar-refractivity contribution is 5.53. The minimum atomic E-state index is 1.26. The number of fused-ring (bicyclic) bond motifs is 3. The van der Waals surface area contributed by atoms with Crippen LogP contribution in [0.3, 0.4) is 0 Å². The molecule has 3 rings (SSSR count). The van der Waals surface area contributed by atoms with E-state index < -0.39 is 0 Å². The van der Waals surface area contributed by atoms with Gasteiger partial charge in [-0.25, -0.2) is 0 Å². The van der Waals surface area contributed by atoms with E-state index in [1.54, 1.807) is 11.3 Å². The Morgan fingerprint density at radius 2 is 2.00 bits per heavy atom. The predicted molar refractivity (Wildman–Crippen MR) is 54.0 cm³/mol. The van der Waals surface area contributed by atoms with Crippen molar-refractivity contribution < 1.29 is 0 Å². The van der Waals surface area contributed by atoms with Crippen molar-refractivity contribution in [3.8, 4) is 0 Å². The van der Waals surface area contributed by atoms with Gasteiger partial charge in [-0.1, -0.05) is 6.07 Å². The molecule has 2 heterocycles. The van der Waals surface area contributed by atoms with Gasteiger partial charge in [0.05, 0.1) is 0 Å². The maximum Gasteiger partial charge on any atom is 0.0455 e. The average molecular weight is 171 g/mol. The quantitative estimate of drug-likeness (QED) is 0.574. The summed E-state index contributed by atoms with van der Waals surface area (Å²) in [6.07, 6.45) is 7.43. The minimum absolute atomic E-state index is 1.26. The molecule has 0 aromatic carbocycles. The maximum absolute atomic E-state index is 2.34. The number of pyridine rings is 1. The second-order valence-electron chi connectivity index (χ2n) is 3.82. The third-order valence-corrected chi connectivity index (χ3v) is 2.98. The maximum atomic E-state index is 2.34. The Morgan fingerprint density at radius 3 is 3.00 bits per heavy atom. The smallest absolute Gasteiger partial charge is 0.0455 e. The molecule has 1 aliphatic carbocycles. The summed E-state index contributed by atoms with van der Waals surface area (Å²) in [5, 5.41) is 0. The van der Waals surface area contributed by atoms with Gasteiger partial charge in [-0.3, -0.25) is 0 Å². The second-order valence-corrected chi connectivity index (χ2v) is 3.82. The summed E-state index contributed by atoms with van der Waals surface area (Å²) in [6.45, 7) is 0. The predicted octanol–water partition coefficient (Wildman–Crippen LogP) is 2.82. The van der Waals surface area contributed by atoms with Crippen molar-refractivity contribution in [2.24, 2.45) is 0 Å². The highest BCUT2D eigenvalue weighted by Gasteiger charge is 2.12. The number of aryl methyl sites for hydroxylation is 2. The topological polar surface area (TPSA) is 4.41 Å². The molecule has 0 amide bonds. The van der Waals surface area contributed by atoms with E-state index in [4.69, 9.17) is 0 Å². The number of aromatic nitrogens is 1. The first-order valence-corrected chi connectivity index (χ1v) is 5.03. The van der Waals surface area contributed by atoms with Gasteiger partial charge in [0.25, 0.3) is 0 Å². The molecule has 0 N–H and O–H groups in total. The monoisotopic (exact) mass is 171 g/mol. The third kappa shape index (κ3) is 0.998. The minimum Gasteiger partial charge on any atom is -0.321 e. The van der Waals surface area contributed by atoms with Gasteiger partial charge in [0.2, 0.25) is 0 Å². The lowest BCUT2D eigenvalue weighted by Gasteiger charge is -2.11. The van der Waals surface area contributed by atoms with Crippen LogP contribution in [0, 0.1) is 0 Å². The number of nitrogens with zero attached hydrogens (tertiary/aromatic N) is 1. The highest BCUT2D eigenvalue weighted by Crippen LogP contribution is 2.24. The number of hydrogen-bond donors (Lipinski definition) is 0. The standard InChI is InChI=1S/C12H13N/c1-2-7-12-10(5-1)9-11-6-3-4-8-13(11)12/h3-4,6,8-9H,1-2,5,7H2. The van der Waals surface area contributed by atoms with Crippen LogP contribution >= 0.6 is 0 Å². The van der Waals surface area contributed by atoms with Crippen LogP contribution in [-0.2, 0) is 12.8 Å². The number of hydrogen-bond acceptors (Lipinski definition) is 0. The zero-order valence-electron chi connectivity index (χ0n) is 7.66. The molecule has 0 saturated carbocycles. The van der Waals surface area contributed by atoms with E-state index in [1.165, 1.54) is 31.2 Å². The molecular weight excluding hydrogens is 158 g/mol. The van der Waals surface area contributed by atoms with E-state index in [-0.39, 0.29) is 0 Å². The molecule has 1 nitrogen and oxygen atoms in total. The molecule has 0 bridgehead atoms. The van der Waals surface area contributed by atoms with Gasteiger partial charge in [-0.05, 0) is 49.4 Å². The molecule has 0 spiro atoms. The van der Waals surface area contributed by atoms with Gasteiger partial charge < -0.3 is 4.40 Å². The Kier molecular flexibility index (Phi) is 1.45. The van der Waals surface area contributed by atoms with Crippen LogP contribution in [0.25, 0.3) is 5.52 Å². The van der Waals surface area contributed by atoms with Crippen molar-refractivity contribution in [1.29, 1.82) is 0 Å². The van der Waals surface area contributed by atoms with Crippen molar-refractivity contribution in [3.05, 3.63) is 41.7 Å². The van der Waals surface area contributed by atoms with Gasteiger partial charge in [0, 0.05) is 17.4 Å². The molecule has 1 heteroatoms. The summed E-state index contributed by atoms with van der Waals surface area (Å²) >= 11 is 0. The van der Waals surface area contributed by atoms with E-state index in [1.807, 2.05) is 0 Å². The third-order valence-electron chi connectivity index (χ3n) is 2.98. The van der Waals surface area contributed by atoms with Crippen molar-refractivity contribution in [3.63, 3.8) is 0 Å². The summed E-state index contributed by atoms with van der Waals surface area (Å²) in [5.41, 5.74) is 4.47. The molecular formula is C12H13N. The fraction of sp³-hybridized carbons (Fsp3) is 0.333. The van der Waals surface area contributed by atoms with E-state index in [2.05, 4.69) is 34.9 Å². The van der Waals surface area contributed by atoms with E-state index in [9.17, 15) is 0 Å². The SMILES string of the molecule is c1ccn2c3c(cc2c1)CCCC3. The van der Waals surface area contributed by atoms with E-state index in [0.717, 1.165) is 0 Å². The van der Waals surface area contributed by atoms with Crippen molar-refractivity contribution in [2.45, 2.75) is 25.7 Å². The first-order valence-electron chi connectivity index (χ1n) is 5.03. The first kappa shape index (κ1) is 7.19. The van der Waals surface area contributed by atoms with Crippen LogP contribution in [0.2, 0.25) is 0 Å². The summed E-state index contributed by atoms with van der Waals surface area (Å²) in [6, 6.07) is 8.76. The highest BCUT2D eigenvalue weighted by atomic mass is 14.9. The van der Waals surface area contributed by atoms with Gasteiger partial charge in [-0.2, -0.15) is 0 Å². The summed E-state index contributed by atoms with van der Waals surface area (Å²) in [4.78, 5) is 0. The largest absolute Gasteiger partial charge is 0.321 e. The Balaban J connectivity index is 2.34. The molecule has 0 atom stereocenters. The van der Waals surface area contributed by atoms with Crippen molar-refractivity contribution >= 4 is 5.52 Å². The molecule has 0 aliphatic heterocycles. The normalized spacial score (nSPS) is 16.0. The van der Waals surface area contributed by atoms with Gasteiger partial charge >= 0.3 is 0 Å². The fourth-order valence-electron chi connectivity index (χ4n) is 2.34. The number of rotatable bonds is 0. The summed E-state index contributed by atoms with van der Waals surface area (Å²) < 4.78 is 2.34. The lowest BCUT2D eigenvalue weighted by atomic mass is 9.98. The van der Waals surface area contributed by atoms with E-state index >= 15 is 0 Å². The zero-order valence-corrected chi connectivity index (χ0v) is 7.66. The average Bonchev–Trinajstić information content (AvgIpc) is 2.56. The molecule has 0 fully saturated rings. The lowest BCUT2D eigenvalue weighted by Crippen LogP contribution is -2.02. The second kappa shape index (κ2) is 2.63. The lowest BCUT2D eigenvalue weighted by molar-refractivity contribution is 0.669.